The highest BCUT2D eigenvalue weighted by Gasteiger charge is 2.27. The van der Waals surface area contributed by atoms with Gasteiger partial charge in [-0.1, -0.05) is 0 Å². The molecule has 0 unspecified atom stereocenters. The Kier molecular flexibility index (Phi) is 5.77. The van der Waals surface area contributed by atoms with Gasteiger partial charge < -0.3 is 5.32 Å². The molecule has 0 saturated heterocycles. The monoisotopic (exact) mass is 481 g/mol. The first-order valence-corrected chi connectivity index (χ1v) is 12.1. The van der Waals surface area contributed by atoms with Crippen LogP contribution in [0.5, 0.6) is 0 Å². The number of hydrogen-bond donors (Lipinski definition) is 2. The molecule has 0 saturated carbocycles. The number of fused-ring (bicyclic) bond motifs is 1. The quantitative estimate of drug-likeness (QED) is 0.422. The summed E-state index contributed by atoms with van der Waals surface area (Å²) < 4.78 is 15.1. The van der Waals surface area contributed by atoms with Crippen LogP contribution in [0, 0.1) is 5.82 Å². The summed E-state index contributed by atoms with van der Waals surface area (Å²) >= 11 is 2.90. The Morgan fingerprint density at radius 3 is 2.76 bits per heavy atom. The zero-order valence-electron chi connectivity index (χ0n) is 17.7. The molecule has 1 aromatic carbocycles. The molecule has 0 bridgehead atoms. The molecule has 33 heavy (non-hydrogen) atoms. The first-order valence-electron chi connectivity index (χ1n) is 10.4. The van der Waals surface area contributed by atoms with Gasteiger partial charge in [0.25, 0.3) is 5.91 Å². The first kappa shape index (κ1) is 21.5. The molecule has 3 aromatic heterocycles. The second-order valence-corrected chi connectivity index (χ2v) is 9.71. The Balaban J connectivity index is 1.34. The molecule has 0 spiro atoms. The standard InChI is InChI=1S/C23H20FN5O2S2/c1-13(30)25-11-16-9-10-20(33-16)18-12-32-23(26-18)27-22(31)21-17-3-2-4-19(17)29(28-21)15-7-5-14(24)6-8-15/h5-10,12H,2-4,11H2,1H3,(H,25,30)(H,26,27,31). The van der Waals surface area contributed by atoms with E-state index in [1.807, 2.05) is 17.5 Å². The topological polar surface area (TPSA) is 88.9 Å². The maximum Gasteiger partial charge on any atom is 0.278 e. The summed E-state index contributed by atoms with van der Waals surface area (Å²) in [7, 11) is 0. The SMILES string of the molecule is CC(=O)NCc1ccc(-c2csc(NC(=O)c3nn(-c4ccc(F)cc4)c4c3CCC4)n2)s1. The average molecular weight is 482 g/mol. The molecule has 168 valence electrons. The van der Waals surface area contributed by atoms with Crippen molar-refractivity contribution < 1.29 is 14.0 Å². The lowest BCUT2D eigenvalue weighted by molar-refractivity contribution is -0.119. The van der Waals surface area contributed by atoms with Crippen LogP contribution in [0.3, 0.4) is 0 Å². The number of thiophene rings is 1. The van der Waals surface area contributed by atoms with Crippen LogP contribution in [0.1, 0.15) is 40.0 Å². The number of hydrogen-bond acceptors (Lipinski definition) is 6. The predicted molar refractivity (Wildman–Crippen MR) is 126 cm³/mol. The Bertz CT molecular complexity index is 1340. The largest absolute Gasteiger partial charge is 0.351 e. The number of amides is 2. The summed E-state index contributed by atoms with van der Waals surface area (Å²) in [5.74, 6) is -0.683. The fourth-order valence-corrected chi connectivity index (χ4v) is 5.53. The number of rotatable bonds is 6. The van der Waals surface area contributed by atoms with Crippen molar-refractivity contribution in [1.82, 2.24) is 20.1 Å². The minimum absolute atomic E-state index is 0.0723. The third kappa shape index (κ3) is 4.44. The Hall–Kier alpha value is -3.37. The average Bonchev–Trinajstić information content (AvgIpc) is 3.56. The number of aromatic nitrogens is 3. The lowest BCUT2D eigenvalue weighted by Gasteiger charge is -2.05. The number of nitrogens with zero attached hydrogens (tertiary/aromatic N) is 3. The summed E-state index contributed by atoms with van der Waals surface area (Å²) in [4.78, 5) is 30.7. The third-order valence-electron chi connectivity index (χ3n) is 5.37. The van der Waals surface area contributed by atoms with Crippen LogP contribution in [0.2, 0.25) is 0 Å². The number of thiazole rings is 1. The second kappa shape index (κ2) is 8.87. The van der Waals surface area contributed by atoms with Crippen molar-refractivity contribution in [3.63, 3.8) is 0 Å². The van der Waals surface area contributed by atoms with E-state index in [1.54, 1.807) is 28.2 Å². The van der Waals surface area contributed by atoms with Gasteiger partial charge in [0, 0.05) is 28.4 Å². The van der Waals surface area contributed by atoms with E-state index >= 15 is 0 Å². The van der Waals surface area contributed by atoms with Crippen molar-refractivity contribution in [2.75, 3.05) is 5.32 Å². The number of carbonyl (C=O) groups is 2. The highest BCUT2D eigenvalue weighted by molar-refractivity contribution is 7.17. The molecular weight excluding hydrogens is 461 g/mol. The fourth-order valence-electron chi connectivity index (χ4n) is 3.84. The van der Waals surface area contributed by atoms with E-state index in [4.69, 9.17) is 0 Å². The minimum Gasteiger partial charge on any atom is -0.351 e. The lowest BCUT2D eigenvalue weighted by atomic mass is 10.2. The van der Waals surface area contributed by atoms with E-state index in [1.165, 1.54) is 30.4 Å². The summed E-state index contributed by atoms with van der Waals surface area (Å²) in [5.41, 5.74) is 3.83. The smallest absolute Gasteiger partial charge is 0.278 e. The minimum atomic E-state index is -0.312. The maximum atomic E-state index is 13.3. The second-order valence-electron chi connectivity index (χ2n) is 7.68. The van der Waals surface area contributed by atoms with Crippen molar-refractivity contribution in [2.45, 2.75) is 32.7 Å². The molecule has 1 aliphatic rings. The van der Waals surface area contributed by atoms with Gasteiger partial charge in [0.1, 0.15) is 5.82 Å². The van der Waals surface area contributed by atoms with Gasteiger partial charge in [-0.2, -0.15) is 5.10 Å². The summed E-state index contributed by atoms with van der Waals surface area (Å²) in [6.07, 6.45) is 2.57. The van der Waals surface area contributed by atoms with E-state index in [9.17, 15) is 14.0 Å². The van der Waals surface area contributed by atoms with Crippen molar-refractivity contribution in [2.24, 2.45) is 0 Å². The molecule has 10 heteroatoms. The Morgan fingerprint density at radius 2 is 1.97 bits per heavy atom. The summed E-state index contributed by atoms with van der Waals surface area (Å²) in [6, 6.07) is 10.0. The number of nitrogens with one attached hydrogen (secondary N) is 2. The Morgan fingerprint density at radius 1 is 1.15 bits per heavy atom. The van der Waals surface area contributed by atoms with Gasteiger partial charge in [0.2, 0.25) is 5.91 Å². The van der Waals surface area contributed by atoms with Crippen LogP contribution in [0.25, 0.3) is 16.3 Å². The number of benzene rings is 1. The van der Waals surface area contributed by atoms with Gasteiger partial charge in [-0.05, 0) is 55.7 Å². The highest BCUT2D eigenvalue weighted by atomic mass is 32.1. The van der Waals surface area contributed by atoms with E-state index in [0.717, 1.165) is 51.7 Å². The van der Waals surface area contributed by atoms with Gasteiger partial charge in [-0.15, -0.1) is 22.7 Å². The molecular formula is C23H20FN5O2S2. The van der Waals surface area contributed by atoms with Gasteiger partial charge in [0.05, 0.1) is 22.8 Å². The number of halogens is 1. The first-order chi connectivity index (χ1) is 16.0. The van der Waals surface area contributed by atoms with E-state index in [2.05, 4.69) is 20.7 Å². The van der Waals surface area contributed by atoms with E-state index in [-0.39, 0.29) is 17.6 Å². The molecule has 7 nitrogen and oxygen atoms in total. The highest BCUT2D eigenvalue weighted by Crippen LogP contribution is 2.32. The lowest BCUT2D eigenvalue weighted by Crippen LogP contribution is -2.17. The molecule has 5 rings (SSSR count). The van der Waals surface area contributed by atoms with Crippen molar-refractivity contribution >= 4 is 39.6 Å². The number of anilines is 1. The summed E-state index contributed by atoms with van der Waals surface area (Å²) in [6.45, 7) is 1.97. The van der Waals surface area contributed by atoms with Crippen LogP contribution >= 0.6 is 22.7 Å². The van der Waals surface area contributed by atoms with Crippen LogP contribution in [-0.4, -0.2) is 26.6 Å². The maximum absolute atomic E-state index is 13.3. The molecule has 3 heterocycles. The molecule has 0 radical (unpaired) electrons. The van der Waals surface area contributed by atoms with E-state index < -0.39 is 0 Å². The third-order valence-corrected chi connectivity index (χ3v) is 7.23. The molecule has 2 amide bonds. The van der Waals surface area contributed by atoms with Gasteiger partial charge in [-0.3, -0.25) is 14.9 Å². The van der Waals surface area contributed by atoms with Gasteiger partial charge in [0.15, 0.2) is 10.8 Å². The van der Waals surface area contributed by atoms with Crippen molar-refractivity contribution in [3.8, 4) is 16.3 Å². The summed E-state index contributed by atoms with van der Waals surface area (Å²) in [5, 5.41) is 12.6. The fraction of sp³-hybridized carbons (Fsp3) is 0.217. The van der Waals surface area contributed by atoms with Crippen molar-refractivity contribution in [3.05, 3.63) is 69.4 Å². The zero-order valence-corrected chi connectivity index (χ0v) is 19.4. The predicted octanol–water partition coefficient (Wildman–Crippen LogP) is 4.57. The molecule has 0 fully saturated rings. The van der Waals surface area contributed by atoms with Crippen LogP contribution in [0.15, 0.2) is 41.8 Å². The zero-order chi connectivity index (χ0) is 22.9. The van der Waals surface area contributed by atoms with Crippen LogP contribution < -0.4 is 10.6 Å². The van der Waals surface area contributed by atoms with Gasteiger partial charge >= 0.3 is 0 Å². The molecule has 4 aromatic rings. The number of carbonyl (C=O) groups excluding carboxylic acids is 2. The van der Waals surface area contributed by atoms with Gasteiger partial charge in [-0.25, -0.2) is 14.1 Å². The molecule has 2 N–H and O–H groups in total. The Labute approximate surface area is 197 Å². The van der Waals surface area contributed by atoms with Crippen LogP contribution in [0.4, 0.5) is 9.52 Å². The van der Waals surface area contributed by atoms with E-state index in [0.29, 0.717) is 17.4 Å². The molecule has 0 atom stereocenters. The molecule has 0 aliphatic heterocycles. The van der Waals surface area contributed by atoms with Crippen LogP contribution in [-0.2, 0) is 24.2 Å². The normalized spacial score (nSPS) is 12.5. The van der Waals surface area contributed by atoms with Crippen molar-refractivity contribution in [1.29, 1.82) is 0 Å². The molecule has 1 aliphatic carbocycles.